The number of carboxylic acid groups (broad SMARTS) is 1. The van der Waals surface area contributed by atoms with Gasteiger partial charge in [-0.05, 0) is 12.3 Å². The zero-order valence-corrected chi connectivity index (χ0v) is 8.46. The molecule has 1 aliphatic rings. The molecule has 5 nitrogen and oxygen atoms in total. The first kappa shape index (κ1) is 11.0. The number of carbonyl (C=O) groups is 1. The monoisotopic (exact) mass is 219 g/mol. The number of carboxylic acids is 1. The molecule has 1 rings (SSSR count). The highest BCUT2D eigenvalue weighted by Gasteiger charge is 2.26. The lowest BCUT2D eigenvalue weighted by molar-refractivity contribution is -0.131. The molecule has 1 aliphatic heterocycles. The summed E-state index contributed by atoms with van der Waals surface area (Å²) in [5.41, 5.74) is 0. The molecule has 14 heavy (non-hydrogen) atoms. The van der Waals surface area contributed by atoms with E-state index in [4.69, 9.17) is 5.11 Å². The summed E-state index contributed by atoms with van der Waals surface area (Å²) in [4.78, 5) is 10.1. The molecule has 1 saturated heterocycles. The van der Waals surface area contributed by atoms with Crippen LogP contribution < -0.4 is 5.32 Å². The Morgan fingerprint density at radius 1 is 1.57 bits per heavy atom. The Kier molecular flexibility index (Phi) is 3.51. The smallest absolute Gasteiger partial charge is 0.329 e. The van der Waals surface area contributed by atoms with Gasteiger partial charge in [-0.1, -0.05) is 0 Å². The third-order valence-corrected chi connectivity index (χ3v) is 3.91. The first-order valence-electron chi connectivity index (χ1n) is 4.33. The van der Waals surface area contributed by atoms with Gasteiger partial charge in [0.15, 0.2) is 9.84 Å². The van der Waals surface area contributed by atoms with Crippen LogP contribution in [0, 0.1) is 5.92 Å². The molecule has 1 heterocycles. The molecule has 0 radical (unpaired) electrons. The molecular formula is C8H13NO4S. The normalized spacial score (nSPS) is 25.3. The molecular weight excluding hydrogens is 206 g/mol. The Hall–Kier alpha value is -1.04. The summed E-state index contributed by atoms with van der Waals surface area (Å²) in [5, 5.41) is 11.0. The van der Waals surface area contributed by atoms with Gasteiger partial charge in [-0.15, -0.1) is 0 Å². The van der Waals surface area contributed by atoms with E-state index in [2.05, 4.69) is 5.32 Å². The van der Waals surface area contributed by atoms with Crippen molar-refractivity contribution >= 4 is 15.8 Å². The van der Waals surface area contributed by atoms with Gasteiger partial charge < -0.3 is 10.4 Å². The summed E-state index contributed by atoms with van der Waals surface area (Å²) in [6.45, 7) is 0.517. The Balaban J connectivity index is 2.24. The van der Waals surface area contributed by atoms with Crippen LogP contribution in [-0.2, 0) is 14.6 Å². The van der Waals surface area contributed by atoms with Gasteiger partial charge in [-0.25, -0.2) is 13.2 Å². The molecule has 0 spiro atoms. The van der Waals surface area contributed by atoms with Crippen LogP contribution in [0.1, 0.15) is 6.42 Å². The predicted octanol–water partition coefficient (Wildman–Crippen LogP) is -0.391. The maximum absolute atomic E-state index is 11.0. The van der Waals surface area contributed by atoms with E-state index in [1.54, 1.807) is 0 Å². The van der Waals surface area contributed by atoms with Crippen molar-refractivity contribution in [2.24, 2.45) is 5.92 Å². The van der Waals surface area contributed by atoms with Crippen molar-refractivity contribution in [1.29, 1.82) is 0 Å². The summed E-state index contributed by atoms with van der Waals surface area (Å²) < 4.78 is 22.1. The van der Waals surface area contributed by atoms with Gasteiger partial charge in [-0.2, -0.15) is 0 Å². The van der Waals surface area contributed by atoms with Crippen LogP contribution in [0.25, 0.3) is 0 Å². The summed E-state index contributed by atoms with van der Waals surface area (Å²) >= 11 is 0. The maximum Gasteiger partial charge on any atom is 0.329 e. The van der Waals surface area contributed by atoms with Gasteiger partial charge in [0.2, 0.25) is 0 Å². The van der Waals surface area contributed by atoms with Gasteiger partial charge in [0.05, 0.1) is 11.5 Å². The van der Waals surface area contributed by atoms with E-state index >= 15 is 0 Å². The van der Waals surface area contributed by atoms with Crippen LogP contribution in [0.2, 0.25) is 0 Å². The van der Waals surface area contributed by atoms with E-state index in [1.807, 2.05) is 0 Å². The van der Waals surface area contributed by atoms with Crippen LogP contribution in [0.15, 0.2) is 12.3 Å². The van der Waals surface area contributed by atoms with Gasteiger partial charge in [0.25, 0.3) is 0 Å². The lowest BCUT2D eigenvalue weighted by atomic mass is 10.1. The molecule has 80 valence electrons. The number of aliphatic carboxylic acids is 1. The average molecular weight is 219 g/mol. The van der Waals surface area contributed by atoms with Crippen molar-refractivity contribution < 1.29 is 18.3 Å². The molecule has 0 aromatic carbocycles. The SMILES string of the molecule is O=C(O)/C=C/NCC1CCS(=O)(=O)C1. The summed E-state index contributed by atoms with van der Waals surface area (Å²) in [5.74, 6) is -0.446. The maximum atomic E-state index is 11.0. The lowest BCUT2D eigenvalue weighted by Crippen LogP contribution is -2.19. The van der Waals surface area contributed by atoms with Crippen LogP contribution in [0.5, 0.6) is 0 Å². The van der Waals surface area contributed by atoms with E-state index in [9.17, 15) is 13.2 Å². The molecule has 1 fully saturated rings. The molecule has 0 aromatic rings. The minimum Gasteiger partial charge on any atom is -0.478 e. The van der Waals surface area contributed by atoms with Crippen molar-refractivity contribution in [3.8, 4) is 0 Å². The van der Waals surface area contributed by atoms with Crippen molar-refractivity contribution in [3.63, 3.8) is 0 Å². The van der Waals surface area contributed by atoms with E-state index < -0.39 is 15.8 Å². The van der Waals surface area contributed by atoms with Gasteiger partial charge in [-0.3, -0.25) is 0 Å². The van der Waals surface area contributed by atoms with Crippen LogP contribution >= 0.6 is 0 Å². The fraction of sp³-hybridized carbons (Fsp3) is 0.625. The van der Waals surface area contributed by atoms with E-state index in [1.165, 1.54) is 6.20 Å². The highest BCUT2D eigenvalue weighted by Crippen LogP contribution is 2.17. The Morgan fingerprint density at radius 2 is 2.29 bits per heavy atom. The largest absolute Gasteiger partial charge is 0.478 e. The molecule has 0 amide bonds. The standard InChI is InChI=1S/C8H13NO4S/c10-8(11)1-3-9-5-7-2-4-14(12,13)6-7/h1,3,7,9H,2,4-6H2,(H,10,11)/b3-1+. The second kappa shape index (κ2) is 4.45. The minimum atomic E-state index is -2.83. The van der Waals surface area contributed by atoms with Crippen molar-refractivity contribution in [2.75, 3.05) is 18.1 Å². The van der Waals surface area contributed by atoms with Crippen LogP contribution in [-0.4, -0.2) is 37.5 Å². The third-order valence-electron chi connectivity index (χ3n) is 2.08. The Bertz CT molecular complexity index is 333. The average Bonchev–Trinajstić information content (AvgIpc) is 2.39. The molecule has 1 atom stereocenters. The summed E-state index contributed by atoms with van der Waals surface area (Å²) in [6, 6.07) is 0. The van der Waals surface area contributed by atoms with E-state index in [-0.39, 0.29) is 17.4 Å². The van der Waals surface area contributed by atoms with Crippen molar-refractivity contribution in [1.82, 2.24) is 5.32 Å². The lowest BCUT2D eigenvalue weighted by Gasteiger charge is -2.05. The predicted molar refractivity (Wildman–Crippen MR) is 51.5 cm³/mol. The molecule has 1 unspecified atom stereocenters. The van der Waals surface area contributed by atoms with Crippen LogP contribution in [0.3, 0.4) is 0 Å². The third kappa shape index (κ3) is 3.78. The highest BCUT2D eigenvalue weighted by atomic mass is 32.2. The topological polar surface area (TPSA) is 83.5 Å². The van der Waals surface area contributed by atoms with E-state index in [0.29, 0.717) is 13.0 Å². The number of hydrogen-bond donors (Lipinski definition) is 2. The number of nitrogens with one attached hydrogen (secondary N) is 1. The molecule has 2 N–H and O–H groups in total. The first-order valence-corrected chi connectivity index (χ1v) is 6.15. The zero-order valence-electron chi connectivity index (χ0n) is 7.64. The van der Waals surface area contributed by atoms with Crippen molar-refractivity contribution in [2.45, 2.75) is 6.42 Å². The molecule has 0 aromatic heterocycles. The molecule has 6 heteroatoms. The molecule has 0 saturated carbocycles. The number of hydrogen-bond acceptors (Lipinski definition) is 4. The fourth-order valence-corrected chi connectivity index (χ4v) is 3.26. The van der Waals surface area contributed by atoms with Gasteiger partial charge in [0.1, 0.15) is 0 Å². The van der Waals surface area contributed by atoms with Gasteiger partial charge >= 0.3 is 5.97 Å². The molecule has 0 aliphatic carbocycles. The van der Waals surface area contributed by atoms with Gasteiger partial charge in [0, 0.05) is 18.8 Å². The quantitative estimate of drug-likeness (QED) is 0.629. The highest BCUT2D eigenvalue weighted by molar-refractivity contribution is 7.91. The van der Waals surface area contributed by atoms with Crippen molar-refractivity contribution in [3.05, 3.63) is 12.3 Å². The zero-order chi connectivity index (χ0) is 10.6. The second-order valence-corrected chi connectivity index (χ2v) is 5.58. The summed E-state index contributed by atoms with van der Waals surface area (Å²) in [7, 11) is -2.83. The second-order valence-electron chi connectivity index (χ2n) is 3.35. The Labute approximate surface area is 82.7 Å². The first-order chi connectivity index (χ1) is 6.49. The number of rotatable bonds is 4. The van der Waals surface area contributed by atoms with Crippen LogP contribution in [0.4, 0.5) is 0 Å². The fourth-order valence-electron chi connectivity index (χ4n) is 1.40. The molecule has 0 bridgehead atoms. The summed E-state index contributed by atoms with van der Waals surface area (Å²) in [6.07, 6.45) is 2.98. The van der Waals surface area contributed by atoms with E-state index in [0.717, 1.165) is 6.08 Å². The number of sulfone groups is 1. The Morgan fingerprint density at radius 3 is 2.79 bits per heavy atom. The minimum absolute atomic E-state index is 0.110.